The number of rotatable bonds is 4. The number of nitrogens with zero attached hydrogens (tertiary/aromatic N) is 2. The maximum Gasteiger partial charge on any atom is 0.108 e. The van der Waals surface area contributed by atoms with E-state index in [1.807, 2.05) is 0 Å². The molecule has 0 aromatic heterocycles. The molecule has 1 N–H and O–H groups in total. The van der Waals surface area contributed by atoms with Crippen LogP contribution >= 0.6 is 0 Å². The first-order valence-electron chi connectivity index (χ1n) is 7.59. The fourth-order valence-corrected chi connectivity index (χ4v) is 3.52. The van der Waals surface area contributed by atoms with E-state index in [0.717, 1.165) is 31.7 Å². The molecule has 1 aliphatic carbocycles. The minimum atomic E-state index is -0.245. The lowest BCUT2D eigenvalue weighted by molar-refractivity contribution is 0.140. The summed E-state index contributed by atoms with van der Waals surface area (Å²) in [6, 6.07) is 3.21. The zero-order chi connectivity index (χ0) is 13.0. The first-order chi connectivity index (χ1) is 8.69. The van der Waals surface area contributed by atoms with E-state index in [0.29, 0.717) is 6.04 Å². The molecule has 3 unspecified atom stereocenters. The summed E-state index contributed by atoms with van der Waals surface area (Å²) in [7, 11) is 0. The minimum absolute atomic E-state index is 0.245. The fourth-order valence-electron chi connectivity index (χ4n) is 3.52. The highest BCUT2D eigenvalue weighted by Crippen LogP contribution is 2.33. The second-order valence-corrected chi connectivity index (χ2v) is 6.26. The van der Waals surface area contributed by atoms with Crippen molar-refractivity contribution in [3.8, 4) is 6.07 Å². The van der Waals surface area contributed by atoms with Gasteiger partial charge in [0, 0.05) is 12.6 Å². The maximum atomic E-state index is 9.55. The second kappa shape index (κ2) is 6.04. The van der Waals surface area contributed by atoms with Gasteiger partial charge in [-0.05, 0) is 57.5 Å². The third-order valence-electron chi connectivity index (χ3n) is 4.62. The van der Waals surface area contributed by atoms with Gasteiger partial charge in [0.15, 0.2) is 0 Å². The Labute approximate surface area is 112 Å². The summed E-state index contributed by atoms with van der Waals surface area (Å²) in [5, 5.41) is 13.1. The molecule has 2 aliphatic rings. The molecule has 1 heterocycles. The molecule has 3 nitrogen and oxygen atoms in total. The van der Waals surface area contributed by atoms with Crippen LogP contribution in [0.1, 0.15) is 52.4 Å². The lowest BCUT2D eigenvalue weighted by atomic mass is 9.79. The van der Waals surface area contributed by atoms with Gasteiger partial charge < -0.3 is 4.90 Å². The van der Waals surface area contributed by atoms with Crippen molar-refractivity contribution in [3.05, 3.63) is 0 Å². The van der Waals surface area contributed by atoms with Crippen LogP contribution in [0, 0.1) is 17.2 Å². The lowest BCUT2D eigenvalue weighted by Crippen LogP contribution is -2.52. The molecule has 0 amide bonds. The van der Waals surface area contributed by atoms with E-state index in [-0.39, 0.29) is 5.54 Å². The van der Waals surface area contributed by atoms with E-state index in [2.05, 4.69) is 30.1 Å². The molecule has 0 aromatic carbocycles. The molecular weight excluding hydrogens is 222 g/mol. The predicted molar refractivity (Wildman–Crippen MR) is 74.2 cm³/mol. The van der Waals surface area contributed by atoms with Crippen molar-refractivity contribution in [2.45, 2.75) is 64.0 Å². The van der Waals surface area contributed by atoms with Crippen LogP contribution in [0.4, 0.5) is 0 Å². The Morgan fingerprint density at radius 1 is 1.44 bits per heavy atom. The number of nitriles is 1. The molecule has 2 fully saturated rings. The highest BCUT2D eigenvalue weighted by atomic mass is 15.2. The summed E-state index contributed by atoms with van der Waals surface area (Å²) in [5.74, 6) is 0.840. The van der Waals surface area contributed by atoms with Gasteiger partial charge in [-0.1, -0.05) is 13.8 Å². The number of nitrogens with one attached hydrogen (secondary N) is 1. The molecule has 18 heavy (non-hydrogen) atoms. The zero-order valence-electron chi connectivity index (χ0n) is 11.9. The molecule has 3 atom stereocenters. The smallest absolute Gasteiger partial charge is 0.108 e. The summed E-state index contributed by atoms with van der Waals surface area (Å²) in [6.45, 7) is 7.95. The first kappa shape index (κ1) is 13.8. The fraction of sp³-hybridized carbons (Fsp3) is 0.933. The highest BCUT2D eigenvalue weighted by Gasteiger charge is 2.39. The Hall–Kier alpha value is -0.590. The van der Waals surface area contributed by atoms with Gasteiger partial charge >= 0.3 is 0 Å². The molecule has 1 saturated carbocycles. The van der Waals surface area contributed by atoms with E-state index in [4.69, 9.17) is 0 Å². The average Bonchev–Trinajstić information content (AvgIpc) is 2.83. The van der Waals surface area contributed by atoms with E-state index < -0.39 is 0 Å². The second-order valence-electron chi connectivity index (χ2n) is 6.26. The van der Waals surface area contributed by atoms with Gasteiger partial charge in [-0.15, -0.1) is 0 Å². The van der Waals surface area contributed by atoms with E-state index in [1.54, 1.807) is 0 Å². The molecular formula is C15H27N3. The van der Waals surface area contributed by atoms with Gasteiger partial charge in [0.2, 0.25) is 0 Å². The monoisotopic (exact) mass is 249 g/mol. The maximum absolute atomic E-state index is 9.55. The van der Waals surface area contributed by atoms with Crippen LogP contribution < -0.4 is 5.32 Å². The van der Waals surface area contributed by atoms with Crippen molar-refractivity contribution in [1.82, 2.24) is 10.2 Å². The first-order valence-corrected chi connectivity index (χ1v) is 7.59. The average molecular weight is 249 g/mol. The molecule has 3 heteroatoms. The highest BCUT2D eigenvalue weighted by molar-refractivity contribution is 5.11. The molecule has 1 aliphatic heterocycles. The van der Waals surface area contributed by atoms with Crippen molar-refractivity contribution < 1.29 is 0 Å². The number of likely N-dealkylation sites (tertiary alicyclic amines) is 1. The Balaban J connectivity index is 1.96. The third-order valence-corrected chi connectivity index (χ3v) is 4.62. The predicted octanol–water partition coefficient (Wildman–Crippen LogP) is 2.53. The molecule has 2 rings (SSSR count). The topological polar surface area (TPSA) is 39.1 Å². The van der Waals surface area contributed by atoms with Gasteiger partial charge in [0.1, 0.15) is 5.54 Å². The molecule has 0 bridgehead atoms. The summed E-state index contributed by atoms with van der Waals surface area (Å²) in [4.78, 5) is 2.63. The van der Waals surface area contributed by atoms with E-state index >= 15 is 0 Å². The molecule has 0 aromatic rings. The Kier molecular flexibility index (Phi) is 4.64. The van der Waals surface area contributed by atoms with Gasteiger partial charge in [0.25, 0.3) is 0 Å². The summed E-state index contributed by atoms with van der Waals surface area (Å²) in [5.41, 5.74) is -0.245. The Bertz CT molecular complexity index is 309. The van der Waals surface area contributed by atoms with Crippen molar-refractivity contribution >= 4 is 0 Å². The number of hydrogen-bond donors (Lipinski definition) is 1. The van der Waals surface area contributed by atoms with Crippen LogP contribution in [-0.4, -0.2) is 36.1 Å². The summed E-state index contributed by atoms with van der Waals surface area (Å²) in [6.07, 6.45) is 6.97. The van der Waals surface area contributed by atoms with Crippen LogP contribution in [0.25, 0.3) is 0 Å². The van der Waals surface area contributed by atoms with Crippen LogP contribution in [-0.2, 0) is 0 Å². The van der Waals surface area contributed by atoms with Crippen LogP contribution in [0.2, 0.25) is 0 Å². The quantitative estimate of drug-likeness (QED) is 0.832. The van der Waals surface area contributed by atoms with Gasteiger partial charge in [-0.3, -0.25) is 5.32 Å². The van der Waals surface area contributed by atoms with Gasteiger partial charge in [0.05, 0.1) is 6.07 Å². The molecule has 0 radical (unpaired) electrons. The third kappa shape index (κ3) is 3.05. The standard InChI is InChI=1S/C15H27N3/c1-3-8-17-15(12-16)7-4-5-14(10-15)18-9-6-13(2)11-18/h13-14,17H,3-11H2,1-2H3. The largest absolute Gasteiger partial charge is 0.300 e. The Morgan fingerprint density at radius 2 is 2.28 bits per heavy atom. The van der Waals surface area contributed by atoms with E-state index in [9.17, 15) is 5.26 Å². The van der Waals surface area contributed by atoms with Crippen LogP contribution in [0.3, 0.4) is 0 Å². The van der Waals surface area contributed by atoms with Gasteiger partial charge in [-0.25, -0.2) is 0 Å². The van der Waals surface area contributed by atoms with Crippen LogP contribution in [0.5, 0.6) is 0 Å². The zero-order valence-corrected chi connectivity index (χ0v) is 11.9. The van der Waals surface area contributed by atoms with Crippen molar-refractivity contribution in [2.24, 2.45) is 5.92 Å². The normalized spacial score (nSPS) is 37.6. The van der Waals surface area contributed by atoms with Crippen molar-refractivity contribution in [1.29, 1.82) is 5.26 Å². The molecule has 1 saturated heterocycles. The number of hydrogen-bond acceptors (Lipinski definition) is 3. The molecule has 102 valence electrons. The summed E-state index contributed by atoms with van der Waals surface area (Å²) < 4.78 is 0. The minimum Gasteiger partial charge on any atom is -0.300 e. The lowest BCUT2D eigenvalue weighted by Gasteiger charge is -2.40. The van der Waals surface area contributed by atoms with E-state index in [1.165, 1.54) is 32.4 Å². The van der Waals surface area contributed by atoms with Gasteiger partial charge in [-0.2, -0.15) is 5.26 Å². The van der Waals surface area contributed by atoms with Crippen molar-refractivity contribution in [2.75, 3.05) is 19.6 Å². The summed E-state index contributed by atoms with van der Waals surface area (Å²) >= 11 is 0. The SMILES string of the molecule is CCCNC1(C#N)CCCC(N2CCC(C)C2)C1. The van der Waals surface area contributed by atoms with Crippen molar-refractivity contribution in [3.63, 3.8) is 0 Å². The van der Waals surface area contributed by atoms with Crippen LogP contribution in [0.15, 0.2) is 0 Å². The Morgan fingerprint density at radius 3 is 2.89 bits per heavy atom. The molecule has 0 spiro atoms.